The van der Waals surface area contributed by atoms with Crippen LogP contribution in [0.2, 0.25) is 0 Å². The van der Waals surface area contributed by atoms with E-state index in [2.05, 4.69) is 24.5 Å². The molecule has 0 aliphatic carbocycles. The van der Waals surface area contributed by atoms with Crippen molar-refractivity contribution in [2.75, 3.05) is 13.1 Å². The molecule has 0 fully saturated rings. The fourth-order valence-electron chi connectivity index (χ4n) is 2.45. The Morgan fingerprint density at radius 1 is 0.679 bits per heavy atom. The van der Waals surface area contributed by atoms with Crippen LogP contribution in [0.25, 0.3) is 11.1 Å². The van der Waals surface area contributed by atoms with Crippen molar-refractivity contribution < 1.29 is 19.1 Å². The third-order valence-electron chi connectivity index (χ3n) is 4.06. The maximum absolute atomic E-state index is 11.7. The Bertz CT molecular complexity index is 677. The summed E-state index contributed by atoms with van der Waals surface area (Å²) in [5, 5.41) is 5.42. The van der Waals surface area contributed by atoms with Crippen LogP contribution in [0, 0.1) is 0 Å². The lowest BCUT2D eigenvalue weighted by Crippen LogP contribution is -2.27. The van der Waals surface area contributed by atoms with Crippen LogP contribution in [0.1, 0.15) is 39.5 Å². The van der Waals surface area contributed by atoms with Crippen molar-refractivity contribution in [3.05, 3.63) is 48.5 Å². The molecule has 6 nitrogen and oxygen atoms in total. The number of hydrogen-bond donors (Lipinski definition) is 2. The quantitative estimate of drug-likeness (QED) is 0.588. The lowest BCUT2D eigenvalue weighted by molar-refractivity contribution is 0.199. The second-order valence-electron chi connectivity index (χ2n) is 6.39. The molecule has 2 N–H and O–H groups in total. The Balaban J connectivity index is 1.87. The summed E-state index contributed by atoms with van der Waals surface area (Å²) in [5.74, 6) is 0.975. The van der Waals surface area contributed by atoms with E-state index in [9.17, 15) is 9.59 Å². The molecule has 0 unspecified atom stereocenters. The smallest absolute Gasteiger partial charge is 0.410 e. The first-order valence-corrected chi connectivity index (χ1v) is 9.74. The van der Waals surface area contributed by atoms with E-state index in [0.29, 0.717) is 24.6 Å². The van der Waals surface area contributed by atoms with Crippen LogP contribution < -0.4 is 20.1 Å². The molecular weight excluding hydrogens is 356 g/mol. The molecule has 0 aliphatic rings. The zero-order valence-corrected chi connectivity index (χ0v) is 16.5. The fraction of sp³-hybridized carbons (Fsp3) is 0.364. The van der Waals surface area contributed by atoms with Crippen LogP contribution in [0.5, 0.6) is 11.5 Å². The van der Waals surface area contributed by atoms with E-state index < -0.39 is 12.2 Å². The van der Waals surface area contributed by atoms with Gasteiger partial charge in [-0.3, -0.25) is 0 Å². The van der Waals surface area contributed by atoms with Crippen LogP contribution in [0.15, 0.2) is 48.5 Å². The van der Waals surface area contributed by atoms with E-state index in [4.69, 9.17) is 9.47 Å². The first kappa shape index (κ1) is 21.3. The monoisotopic (exact) mass is 384 g/mol. The van der Waals surface area contributed by atoms with E-state index in [0.717, 1.165) is 36.8 Å². The van der Waals surface area contributed by atoms with E-state index >= 15 is 0 Å². The van der Waals surface area contributed by atoms with E-state index in [1.807, 2.05) is 24.3 Å². The molecule has 0 heterocycles. The highest BCUT2D eigenvalue weighted by atomic mass is 16.6. The number of amides is 2. The topological polar surface area (TPSA) is 76.7 Å². The number of rotatable bonds is 9. The first-order valence-electron chi connectivity index (χ1n) is 9.74. The van der Waals surface area contributed by atoms with Crippen LogP contribution in [-0.2, 0) is 0 Å². The molecule has 0 aliphatic heterocycles. The second-order valence-corrected chi connectivity index (χ2v) is 6.39. The molecule has 2 rings (SSSR count). The molecule has 2 aromatic carbocycles. The number of carbonyl (C=O) groups excluding carboxylic acids is 2. The van der Waals surface area contributed by atoms with Crippen molar-refractivity contribution in [2.24, 2.45) is 0 Å². The van der Waals surface area contributed by atoms with E-state index in [-0.39, 0.29) is 0 Å². The van der Waals surface area contributed by atoms with Gasteiger partial charge in [0.05, 0.1) is 0 Å². The summed E-state index contributed by atoms with van der Waals surface area (Å²) in [6.45, 7) is 5.34. The molecule has 2 aromatic rings. The third-order valence-corrected chi connectivity index (χ3v) is 4.06. The van der Waals surface area contributed by atoms with Gasteiger partial charge in [0, 0.05) is 13.1 Å². The summed E-state index contributed by atoms with van der Waals surface area (Å²) in [7, 11) is 0. The largest absolute Gasteiger partial charge is 0.412 e. The highest BCUT2D eigenvalue weighted by Crippen LogP contribution is 2.24. The standard InChI is InChI=1S/C22H28N2O4/c1-3-5-15-23-21(25)27-19-11-7-17(8-12-19)18-9-13-20(14-10-18)28-22(26)24-16-6-4-2/h7-14H,3-6,15-16H2,1-2H3,(H,23,25)(H,24,26). The first-order chi connectivity index (χ1) is 13.6. The summed E-state index contributed by atoms with van der Waals surface area (Å²) in [6, 6.07) is 14.5. The van der Waals surface area contributed by atoms with Crippen molar-refractivity contribution in [3.8, 4) is 22.6 Å². The van der Waals surface area contributed by atoms with Gasteiger partial charge in [-0.1, -0.05) is 51.0 Å². The molecule has 0 saturated heterocycles. The third kappa shape index (κ3) is 7.31. The van der Waals surface area contributed by atoms with Gasteiger partial charge in [-0.15, -0.1) is 0 Å². The maximum atomic E-state index is 11.7. The fourth-order valence-corrected chi connectivity index (χ4v) is 2.45. The van der Waals surface area contributed by atoms with Gasteiger partial charge in [-0.2, -0.15) is 0 Å². The zero-order chi connectivity index (χ0) is 20.2. The normalized spacial score (nSPS) is 10.2. The lowest BCUT2D eigenvalue weighted by Gasteiger charge is -2.08. The summed E-state index contributed by atoms with van der Waals surface area (Å²) in [5.41, 5.74) is 1.94. The Labute approximate surface area is 166 Å². The van der Waals surface area contributed by atoms with Crippen LogP contribution in [-0.4, -0.2) is 25.3 Å². The minimum atomic E-state index is -0.445. The zero-order valence-electron chi connectivity index (χ0n) is 16.5. The minimum absolute atomic E-state index is 0.445. The molecule has 2 amide bonds. The Kier molecular flexibility index (Phi) is 8.85. The molecule has 0 aromatic heterocycles. The van der Waals surface area contributed by atoms with Crippen LogP contribution in [0.3, 0.4) is 0 Å². The van der Waals surface area contributed by atoms with Crippen molar-refractivity contribution in [1.82, 2.24) is 10.6 Å². The van der Waals surface area contributed by atoms with E-state index in [1.165, 1.54) is 0 Å². The van der Waals surface area contributed by atoms with Crippen molar-refractivity contribution in [1.29, 1.82) is 0 Å². The Morgan fingerprint density at radius 2 is 1.04 bits per heavy atom. The van der Waals surface area contributed by atoms with Gasteiger partial charge >= 0.3 is 12.2 Å². The molecule has 0 atom stereocenters. The molecule has 0 bridgehead atoms. The van der Waals surface area contributed by atoms with Gasteiger partial charge in [0.25, 0.3) is 0 Å². The molecule has 6 heteroatoms. The van der Waals surface area contributed by atoms with Crippen LogP contribution in [0.4, 0.5) is 9.59 Å². The molecule has 0 spiro atoms. The highest BCUT2D eigenvalue weighted by Gasteiger charge is 2.06. The van der Waals surface area contributed by atoms with Gasteiger partial charge in [0.15, 0.2) is 0 Å². The molecule has 28 heavy (non-hydrogen) atoms. The number of carbonyl (C=O) groups is 2. The van der Waals surface area contributed by atoms with Crippen molar-refractivity contribution >= 4 is 12.2 Å². The van der Waals surface area contributed by atoms with Gasteiger partial charge in [0.2, 0.25) is 0 Å². The highest BCUT2D eigenvalue weighted by molar-refractivity contribution is 5.72. The predicted molar refractivity (Wildman–Crippen MR) is 110 cm³/mol. The second kappa shape index (κ2) is 11.6. The summed E-state index contributed by atoms with van der Waals surface area (Å²) in [6.07, 6.45) is 2.99. The lowest BCUT2D eigenvalue weighted by atomic mass is 10.1. The average molecular weight is 384 g/mol. The maximum Gasteiger partial charge on any atom is 0.412 e. The molecular formula is C22H28N2O4. The van der Waals surface area contributed by atoms with Gasteiger partial charge in [0.1, 0.15) is 11.5 Å². The molecule has 150 valence electrons. The van der Waals surface area contributed by atoms with E-state index in [1.54, 1.807) is 24.3 Å². The number of benzene rings is 2. The van der Waals surface area contributed by atoms with Crippen molar-refractivity contribution in [2.45, 2.75) is 39.5 Å². The summed E-state index contributed by atoms with van der Waals surface area (Å²) >= 11 is 0. The number of ether oxygens (including phenoxy) is 2. The summed E-state index contributed by atoms with van der Waals surface area (Å²) in [4.78, 5) is 23.3. The molecule has 0 radical (unpaired) electrons. The van der Waals surface area contributed by atoms with Crippen LogP contribution >= 0.6 is 0 Å². The van der Waals surface area contributed by atoms with Gasteiger partial charge in [-0.05, 0) is 48.2 Å². The molecule has 0 saturated carbocycles. The van der Waals surface area contributed by atoms with Gasteiger partial charge in [-0.25, -0.2) is 9.59 Å². The Hall–Kier alpha value is -3.02. The van der Waals surface area contributed by atoms with Crippen molar-refractivity contribution in [3.63, 3.8) is 0 Å². The summed E-state index contributed by atoms with van der Waals surface area (Å²) < 4.78 is 10.5. The SMILES string of the molecule is CCCCNC(=O)Oc1ccc(-c2ccc(OC(=O)NCCCC)cc2)cc1. The minimum Gasteiger partial charge on any atom is -0.410 e. The Morgan fingerprint density at radius 3 is 1.36 bits per heavy atom. The van der Waals surface area contributed by atoms with Gasteiger partial charge < -0.3 is 20.1 Å². The number of unbranched alkanes of at least 4 members (excludes halogenated alkanes) is 2. The average Bonchev–Trinajstić information content (AvgIpc) is 2.70. The number of nitrogens with one attached hydrogen (secondary N) is 2. The predicted octanol–water partition coefficient (Wildman–Crippen LogP) is 5.13. The number of hydrogen-bond acceptors (Lipinski definition) is 4.